The number of nitrogens with zero attached hydrogens (tertiary/aromatic N) is 1. The zero-order chi connectivity index (χ0) is 10.6. The van der Waals surface area contributed by atoms with Crippen molar-refractivity contribution >= 4 is 12.0 Å². The van der Waals surface area contributed by atoms with Gasteiger partial charge in [0, 0.05) is 25.7 Å². The first-order valence-corrected chi connectivity index (χ1v) is 4.91. The maximum atomic E-state index is 10.7. The molecule has 14 heavy (non-hydrogen) atoms. The number of anilines is 1. The largest absolute Gasteiger partial charge is 0.378 e. The first-order chi connectivity index (χ1) is 6.69. The molecule has 0 amide bonds. The van der Waals surface area contributed by atoms with Crippen LogP contribution in [0.25, 0.3) is 0 Å². The van der Waals surface area contributed by atoms with Crippen LogP contribution in [0.5, 0.6) is 0 Å². The summed E-state index contributed by atoms with van der Waals surface area (Å²) in [7, 11) is 4.01. The van der Waals surface area contributed by atoms with Gasteiger partial charge in [0.1, 0.15) is 6.29 Å². The van der Waals surface area contributed by atoms with E-state index in [1.54, 1.807) is 0 Å². The molecule has 0 aliphatic carbocycles. The minimum atomic E-state index is 0.0474. The summed E-state index contributed by atoms with van der Waals surface area (Å²) in [4.78, 5) is 12.8. The number of benzene rings is 1. The molecule has 1 rings (SSSR count). The minimum absolute atomic E-state index is 0.0474. The Balaban J connectivity index is 2.87. The normalized spacial score (nSPS) is 12.2. The Labute approximate surface area is 85.5 Å². The molecule has 1 aromatic rings. The summed E-state index contributed by atoms with van der Waals surface area (Å²) in [6, 6.07) is 8.14. The van der Waals surface area contributed by atoms with Crippen LogP contribution in [0.15, 0.2) is 24.3 Å². The summed E-state index contributed by atoms with van der Waals surface area (Å²) < 4.78 is 0. The smallest absolute Gasteiger partial charge is 0.127 e. The number of carbonyl (C=O) groups is 1. The van der Waals surface area contributed by atoms with Crippen molar-refractivity contribution in [3.05, 3.63) is 29.8 Å². The second-order valence-corrected chi connectivity index (χ2v) is 3.64. The van der Waals surface area contributed by atoms with E-state index in [1.165, 1.54) is 0 Å². The third-order valence-corrected chi connectivity index (χ3v) is 2.44. The fraction of sp³-hybridized carbons (Fsp3) is 0.417. The van der Waals surface area contributed by atoms with E-state index in [-0.39, 0.29) is 5.92 Å². The Morgan fingerprint density at radius 3 is 2.21 bits per heavy atom. The lowest BCUT2D eigenvalue weighted by atomic mass is 9.98. The van der Waals surface area contributed by atoms with Crippen molar-refractivity contribution in [1.29, 1.82) is 0 Å². The van der Waals surface area contributed by atoms with E-state index >= 15 is 0 Å². The molecular weight excluding hydrogens is 174 g/mol. The number of aldehydes is 1. The molecule has 0 saturated heterocycles. The molecule has 0 bridgehead atoms. The Morgan fingerprint density at radius 1 is 1.29 bits per heavy atom. The molecule has 1 unspecified atom stereocenters. The first-order valence-electron chi connectivity index (χ1n) is 4.91. The highest BCUT2D eigenvalue weighted by atomic mass is 16.1. The van der Waals surface area contributed by atoms with Gasteiger partial charge in [0.05, 0.1) is 0 Å². The molecule has 0 aromatic heterocycles. The molecule has 0 aliphatic rings. The summed E-state index contributed by atoms with van der Waals surface area (Å²) in [5, 5.41) is 0. The highest BCUT2D eigenvalue weighted by molar-refractivity contribution is 5.63. The van der Waals surface area contributed by atoms with Gasteiger partial charge >= 0.3 is 0 Å². The van der Waals surface area contributed by atoms with E-state index in [9.17, 15) is 4.79 Å². The summed E-state index contributed by atoms with van der Waals surface area (Å²) in [6.07, 6.45) is 1.88. The second kappa shape index (κ2) is 4.80. The van der Waals surface area contributed by atoms with Gasteiger partial charge in [-0.3, -0.25) is 0 Å². The molecule has 0 radical (unpaired) electrons. The second-order valence-electron chi connectivity index (χ2n) is 3.64. The third-order valence-electron chi connectivity index (χ3n) is 2.44. The predicted octanol–water partition coefficient (Wildman–Crippen LogP) is 2.45. The monoisotopic (exact) mass is 191 g/mol. The van der Waals surface area contributed by atoms with Gasteiger partial charge in [-0.1, -0.05) is 19.1 Å². The molecule has 0 fully saturated rings. The zero-order valence-corrected chi connectivity index (χ0v) is 9.03. The zero-order valence-electron chi connectivity index (χ0n) is 9.03. The van der Waals surface area contributed by atoms with Gasteiger partial charge in [0.25, 0.3) is 0 Å². The van der Waals surface area contributed by atoms with Crippen LogP contribution in [0.1, 0.15) is 24.8 Å². The van der Waals surface area contributed by atoms with Crippen LogP contribution in [-0.2, 0) is 4.79 Å². The van der Waals surface area contributed by atoms with Gasteiger partial charge in [-0.2, -0.15) is 0 Å². The quantitative estimate of drug-likeness (QED) is 0.681. The molecule has 2 nitrogen and oxygen atoms in total. The Bertz CT molecular complexity index is 290. The van der Waals surface area contributed by atoms with E-state index in [0.717, 1.165) is 24.0 Å². The lowest BCUT2D eigenvalue weighted by Gasteiger charge is -2.14. The van der Waals surface area contributed by atoms with Crippen LogP contribution < -0.4 is 4.90 Å². The molecule has 0 N–H and O–H groups in total. The van der Waals surface area contributed by atoms with Crippen molar-refractivity contribution in [3.63, 3.8) is 0 Å². The average Bonchev–Trinajstić information content (AvgIpc) is 2.20. The summed E-state index contributed by atoms with van der Waals surface area (Å²) in [5.74, 6) is 0.0474. The summed E-state index contributed by atoms with van der Waals surface area (Å²) in [5.41, 5.74) is 2.27. The highest BCUT2D eigenvalue weighted by Gasteiger charge is 2.07. The van der Waals surface area contributed by atoms with Crippen molar-refractivity contribution in [2.75, 3.05) is 19.0 Å². The van der Waals surface area contributed by atoms with Crippen LogP contribution >= 0.6 is 0 Å². The Morgan fingerprint density at radius 2 is 1.86 bits per heavy atom. The van der Waals surface area contributed by atoms with Gasteiger partial charge in [-0.25, -0.2) is 0 Å². The van der Waals surface area contributed by atoms with Crippen LogP contribution in [0, 0.1) is 0 Å². The maximum Gasteiger partial charge on any atom is 0.127 e. The molecule has 76 valence electrons. The van der Waals surface area contributed by atoms with E-state index in [0.29, 0.717) is 0 Å². The standard InChI is InChI=1S/C12H17NO/c1-4-10(9-14)11-5-7-12(8-6-11)13(2)3/h5-10H,4H2,1-3H3. The third kappa shape index (κ3) is 2.34. The van der Waals surface area contributed by atoms with E-state index in [1.807, 2.05) is 50.2 Å². The fourth-order valence-electron chi connectivity index (χ4n) is 1.43. The van der Waals surface area contributed by atoms with Crippen molar-refractivity contribution in [1.82, 2.24) is 0 Å². The number of rotatable bonds is 4. The molecule has 0 heterocycles. The number of hydrogen-bond acceptors (Lipinski definition) is 2. The summed E-state index contributed by atoms with van der Waals surface area (Å²) >= 11 is 0. The van der Waals surface area contributed by atoms with Gasteiger partial charge < -0.3 is 9.69 Å². The van der Waals surface area contributed by atoms with E-state index in [2.05, 4.69) is 0 Å². The highest BCUT2D eigenvalue weighted by Crippen LogP contribution is 2.20. The van der Waals surface area contributed by atoms with Crippen molar-refractivity contribution in [2.45, 2.75) is 19.3 Å². The molecule has 0 saturated carbocycles. The van der Waals surface area contributed by atoms with Crippen molar-refractivity contribution < 1.29 is 4.79 Å². The minimum Gasteiger partial charge on any atom is -0.378 e. The molecule has 1 atom stereocenters. The fourth-order valence-corrected chi connectivity index (χ4v) is 1.43. The van der Waals surface area contributed by atoms with Gasteiger partial charge in [0.2, 0.25) is 0 Å². The topological polar surface area (TPSA) is 20.3 Å². The number of hydrogen-bond donors (Lipinski definition) is 0. The summed E-state index contributed by atoms with van der Waals surface area (Å²) in [6.45, 7) is 2.03. The average molecular weight is 191 g/mol. The van der Waals surface area contributed by atoms with Crippen molar-refractivity contribution in [2.24, 2.45) is 0 Å². The molecular formula is C12H17NO. The van der Waals surface area contributed by atoms with Crippen LogP contribution in [0.3, 0.4) is 0 Å². The van der Waals surface area contributed by atoms with E-state index in [4.69, 9.17) is 0 Å². The SMILES string of the molecule is CCC(C=O)c1ccc(N(C)C)cc1. The van der Waals surface area contributed by atoms with Crippen molar-refractivity contribution in [3.8, 4) is 0 Å². The molecule has 2 heteroatoms. The predicted molar refractivity (Wildman–Crippen MR) is 59.9 cm³/mol. The molecule has 0 spiro atoms. The first kappa shape index (κ1) is 10.8. The lowest BCUT2D eigenvalue weighted by molar-refractivity contribution is -0.109. The maximum absolute atomic E-state index is 10.7. The molecule has 1 aromatic carbocycles. The van der Waals surface area contributed by atoms with Gasteiger partial charge in [0.15, 0.2) is 0 Å². The molecule has 0 aliphatic heterocycles. The lowest BCUT2D eigenvalue weighted by Crippen LogP contribution is -2.08. The van der Waals surface area contributed by atoms with Crippen LogP contribution in [0.2, 0.25) is 0 Å². The van der Waals surface area contributed by atoms with Gasteiger partial charge in [-0.15, -0.1) is 0 Å². The Kier molecular flexibility index (Phi) is 3.69. The van der Waals surface area contributed by atoms with E-state index < -0.39 is 0 Å². The van der Waals surface area contributed by atoms with Gasteiger partial charge in [-0.05, 0) is 24.1 Å². The van der Waals surface area contributed by atoms with Crippen LogP contribution in [0.4, 0.5) is 5.69 Å². The number of carbonyl (C=O) groups excluding carboxylic acids is 1. The van der Waals surface area contributed by atoms with Crippen LogP contribution in [-0.4, -0.2) is 20.4 Å². The Hall–Kier alpha value is -1.31.